The molecule has 4 rings (SSSR count). The third-order valence-electron chi connectivity index (χ3n) is 5.38. The van der Waals surface area contributed by atoms with Gasteiger partial charge in [-0.25, -0.2) is 0 Å². The molecule has 2 N–H and O–H groups in total. The molecule has 3 heterocycles. The Morgan fingerprint density at radius 1 is 1.00 bits per heavy atom. The molecule has 9 heteroatoms. The Hall–Kier alpha value is -2.49. The minimum atomic E-state index is 0.539. The van der Waals surface area contributed by atoms with Gasteiger partial charge in [0.2, 0.25) is 5.95 Å². The van der Waals surface area contributed by atoms with E-state index in [2.05, 4.69) is 71.8 Å². The standard InChI is InChI=1S/C20H30N8O/c1-26-8-10-28(11-9-26)18-4-2-17(3-5-18)23-19-16-22-25-20(24-19)21-6-7-27-12-14-29-15-13-27/h2-5,16H,6-15H2,1H3,(H2,21,23,24,25). The average molecular weight is 399 g/mol. The van der Waals surface area contributed by atoms with E-state index in [-0.39, 0.29) is 0 Å². The molecule has 0 bridgehead atoms. The van der Waals surface area contributed by atoms with Gasteiger partial charge >= 0.3 is 0 Å². The van der Waals surface area contributed by atoms with Gasteiger partial charge in [0.05, 0.1) is 19.4 Å². The maximum atomic E-state index is 5.37. The molecule has 0 amide bonds. The molecule has 0 saturated carbocycles. The lowest BCUT2D eigenvalue weighted by atomic mass is 10.2. The molecule has 0 unspecified atom stereocenters. The summed E-state index contributed by atoms with van der Waals surface area (Å²) in [5, 5.41) is 14.7. The topological polar surface area (TPSA) is 81.7 Å². The van der Waals surface area contributed by atoms with Crippen LogP contribution in [0.25, 0.3) is 0 Å². The molecule has 9 nitrogen and oxygen atoms in total. The van der Waals surface area contributed by atoms with Crippen molar-refractivity contribution in [2.75, 3.05) is 88.2 Å². The van der Waals surface area contributed by atoms with Gasteiger partial charge in [-0.2, -0.15) is 10.1 Å². The van der Waals surface area contributed by atoms with Crippen LogP contribution in [0.15, 0.2) is 30.5 Å². The lowest BCUT2D eigenvalue weighted by Crippen LogP contribution is -2.44. The first-order chi connectivity index (χ1) is 14.3. The quantitative estimate of drug-likeness (QED) is 0.713. The van der Waals surface area contributed by atoms with Gasteiger partial charge in [-0.3, -0.25) is 4.90 Å². The summed E-state index contributed by atoms with van der Waals surface area (Å²) in [6.07, 6.45) is 1.64. The van der Waals surface area contributed by atoms with Crippen molar-refractivity contribution in [3.05, 3.63) is 30.5 Å². The fourth-order valence-electron chi connectivity index (χ4n) is 3.56. The van der Waals surface area contributed by atoms with Crippen LogP contribution in [0.3, 0.4) is 0 Å². The van der Waals surface area contributed by atoms with Gasteiger partial charge < -0.3 is 25.2 Å². The number of aromatic nitrogens is 3. The lowest BCUT2D eigenvalue weighted by Gasteiger charge is -2.34. The second-order valence-electron chi connectivity index (χ2n) is 7.51. The highest BCUT2D eigenvalue weighted by Gasteiger charge is 2.14. The third kappa shape index (κ3) is 5.75. The van der Waals surface area contributed by atoms with Crippen molar-refractivity contribution in [1.29, 1.82) is 0 Å². The molecule has 2 saturated heterocycles. The second kappa shape index (κ2) is 9.82. The van der Waals surface area contributed by atoms with Crippen LogP contribution in [0.2, 0.25) is 0 Å². The van der Waals surface area contributed by atoms with Crippen molar-refractivity contribution in [2.45, 2.75) is 0 Å². The maximum Gasteiger partial charge on any atom is 0.244 e. The van der Waals surface area contributed by atoms with Gasteiger partial charge in [0.25, 0.3) is 0 Å². The minimum absolute atomic E-state index is 0.539. The number of nitrogens with one attached hydrogen (secondary N) is 2. The van der Waals surface area contributed by atoms with E-state index in [1.165, 1.54) is 5.69 Å². The monoisotopic (exact) mass is 398 g/mol. The number of likely N-dealkylation sites (N-methyl/N-ethyl adjacent to an activating group) is 1. The summed E-state index contributed by atoms with van der Waals surface area (Å²) in [5.74, 6) is 1.22. The van der Waals surface area contributed by atoms with Crippen LogP contribution in [-0.2, 0) is 4.74 Å². The maximum absolute atomic E-state index is 5.37. The number of rotatable bonds is 7. The highest BCUT2D eigenvalue weighted by molar-refractivity contribution is 5.61. The van der Waals surface area contributed by atoms with Crippen LogP contribution < -0.4 is 15.5 Å². The molecule has 0 aliphatic carbocycles. The van der Waals surface area contributed by atoms with Crippen LogP contribution in [0.1, 0.15) is 0 Å². The number of benzene rings is 1. The fourth-order valence-corrected chi connectivity index (χ4v) is 3.56. The number of ether oxygens (including phenoxy) is 1. The second-order valence-corrected chi connectivity index (χ2v) is 7.51. The summed E-state index contributed by atoms with van der Waals surface area (Å²) in [6, 6.07) is 8.48. The zero-order valence-corrected chi connectivity index (χ0v) is 17.0. The number of piperazine rings is 1. The molecule has 2 aliphatic rings. The fraction of sp³-hybridized carbons (Fsp3) is 0.550. The SMILES string of the molecule is CN1CCN(c2ccc(Nc3cnnc(NCCN4CCOCC4)n3)cc2)CC1. The predicted molar refractivity (Wildman–Crippen MR) is 115 cm³/mol. The summed E-state index contributed by atoms with van der Waals surface area (Å²) < 4.78 is 5.37. The van der Waals surface area contributed by atoms with Crippen molar-refractivity contribution in [3.63, 3.8) is 0 Å². The van der Waals surface area contributed by atoms with E-state index in [1.807, 2.05) is 0 Å². The van der Waals surface area contributed by atoms with E-state index in [0.29, 0.717) is 11.8 Å². The Morgan fingerprint density at radius 2 is 1.76 bits per heavy atom. The first kappa shape index (κ1) is 19.8. The summed E-state index contributed by atoms with van der Waals surface area (Å²) in [7, 11) is 2.17. The van der Waals surface area contributed by atoms with Gasteiger partial charge in [0.1, 0.15) is 0 Å². The van der Waals surface area contributed by atoms with Gasteiger partial charge in [0, 0.05) is 63.7 Å². The first-order valence-electron chi connectivity index (χ1n) is 10.3. The van der Waals surface area contributed by atoms with Crippen molar-refractivity contribution < 1.29 is 4.74 Å². The zero-order valence-electron chi connectivity index (χ0n) is 17.0. The molecule has 29 heavy (non-hydrogen) atoms. The van der Waals surface area contributed by atoms with Gasteiger partial charge in [-0.15, -0.1) is 5.10 Å². The molecule has 2 fully saturated rings. The molecule has 156 valence electrons. The molecule has 0 spiro atoms. The molecule has 0 radical (unpaired) electrons. The summed E-state index contributed by atoms with van der Waals surface area (Å²) in [6.45, 7) is 9.65. The molecular formula is C20H30N8O. The predicted octanol–water partition coefficient (Wildman–Crippen LogP) is 1.11. The Bertz CT molecular complexity index is 757. The largest absolute Gasteiger partial charge is 0.379 e. The van der Waals surface area contributed by atoms with E-state index in [1.54, 1.807) is 6.20 Å². The number of nitrogens with zero attached hydrogens (tertiary/aromatic N) is 6. The number of hydrogen-bond donors (Lipinski definition) is 2. The van der Waals surface area contributed by atoms with Gasteiger partial charge in [-0.05, 0) is 31.3 Å². The Kier molecular flexibility index (Phi) is 6.71. The Morgan fingerprint density at radius 3 is 2.52 bits per heavy atom. The zero-order chi connectivity index (χ0) is 19.9. The number of anilines is 4. The molecule has 1 aromatic heterocycles. The van der Waals surface area contributed by atoms with E-state index in [9.17, 15) is 0 Å². The van der Waals surface area contributed by atoms with Gasteiger partial charge in [-0.1, -0.05) is 0 Å². The summed E-state index contributed by atoms with van der Waals surface area (Å²) >= 11 is 0. The van der Waals surface area contributed by atoms with Crippen LogP contribution in [-0.4, -0.2) is 97.6 Å². The molecule has 1 aromatic carbocycles. The normalized spacial score (nSPS) is 18.6. The first-order valence-corrected chi connectivity index (χ1v) is 10.3. The highest BCUT2D eigenvalue weighted by Crippen LogP contribution is 2.21. The number of morpholine rings is 1. The van der Waals surface area contributed by atoms with E-state index in [4.69, 9.17) is 4.74 Å². The molecule has 2 aromatic rings. The van der Waals surface area contributed by atoms with Crippen LogP contribution >= 0.6 is 0 Å². The molecular weight excluding hydrogens is 368 g/mol. The minimum Gasteiger partial charge on any atom is -0.379 e. The lowest BCUT2D eigenvalue weighted by molar-refractivity contribution is 0.0398. The van der Waals surface area contributed by atoms with Crippen LogP contribution in [0, 0.1) is 0 Å². The Labute approximate surface area is 172 Å². The smallest absolute Gasteiger partial charge is 0.244 e. The van der Waals surface area contributed by atoms with E-state index < -0.39 is 0 Å². The summed E-state index contributed by atoms with van der Waals surface area (Å²) in [5.41, 5.74) is 2.25. The third-order valence-corrected chi connectivity index (χ3v) is 5.38. The van der Waals surface area contributed by atoms with Crippen LogP contribution in [0.4, 0.5) is 23.1 Å². The van der Waals surface area contributed by atoms with Crippen molar-refractivity contribution in [3.8, 4) is 0 Å². The van der Waals surface area contributed by atoms with Gasteiger partial charge in [0.15, 0.2) is 5.82 Å². The van der Waals surface area contributed by atoms with Crippen molar-refractivity contribution >= 4 is 23.1 Å². The highest BCUT2D eigenvalue weighted by atomic mass is 16.5. The van der Waals surface area contributed by atoms with Crippen LogP contribution in [0.5, 0.6) is 0 Å². The Balaban J connectivity index is 1.28. The number of hydrogen-bond acceptors (Lipinski definition) is 9. The van der Waals surface area contributed by atoms with Crippen molar-refractivity contribution in [2.24, 2.45) is 0 Å². The van der Waals surface area contributed by atoms with Crippen molar-refractivity contribution in [1.82, 2.24) is 25.0 Å². The molecule has 2 aliphatic heterocycles. The molecule has 0 atom stereocenters. The summed E-state index contributed by atoms with van der Waals surface area (Å²) in [4.78, 5) is 11.7. The van der Waals surface area contributed by atoms with E-state index >= 15 is 0 Å². The van der Waals surface area contributed by atoms with E-state index in [0.717, 1.165) is 71.3 Å². The average Bonchev–Trinajstić information content (AvgIpc) is 2.76.